The minimum absolute atomic E-state index is 0.0225. The Balaban J connectivity index is 2.19. The third-order valence-electron chi connectivity index (χ3n) is 4.41. The summed E-state index contributed by atoms with van der Waals surface area (Å²) in [6.07, 6.45) is 4.80. The van der Waals surface area contributed by atoms with Gasteiger partial charge in [0.05, 0.1) is 22.8 Å². The molecule has 4 nitrogen and oxygen atoms in total. The van der Waals surface area contributed by atoms with Gasteiger partial charge in [0.15, 0.2) is 0 Å². The second-order valence-electron chi connectivity index (χ2n) is 5.87. The van der Waals surface area contributed by atoms with Gasteiger partial charge in [-0.15, -0.1) is 0 Å². The Bertz CT molecular complexity index is 684. The highest BCUT2D eigenvalue weighted by Crippen LogP contribution is 2.45. The lowest BCUT2D eigenvalue weighted by atomic mass is 9.92. The summed E-state index contributed by atoms with van der Waals surface area (Å²) in [6.45, 7) is 6.17. The summed E-state index contributed by atoms with van der Waals surface area (Å²) in [7, 11) is 0. The Morgan fingerprint density at radius 2 is 1.61 bits per heavy atom. The van der Waals surface area contributed by atoms with Crippen LogP contribution in [0.1, 0.15) is 31.9 Å². The minimum Gasteiger partial charge on any atom is -0.339 e. The van der Waals surface area contributed by atoms with Crippen molar-refractivity contribution in [1.29, 1.82) is 0 Å². The van der Waals surface area contributed by atoms with Crippen molar-refractivity contribution in [2.75, 3.05) is 0 Å². The van der Waals surface area contributed by atoms with Crippen molar-refractivity contribution in [3.05, 3.63) is 58.1 Å². The molecule has 0 N–H and O–H groups in total. The lowest BCUT2D eigenvalue weighted by molar-refractivity contribution is -0.316. The van der Waals surface area contributed by atoms with Gasteiger partial charge in [0, 0.05) is 28.9 Å². The van der Waals surface area contributed by atoms with Crippen LogP contribution in [-0.4, -0.2) is 22.2 Å². The molecule has 1 fully saturated rings. The second kappa shape index (κ2) is 6.36. The average molecular weight is 353 g/mol. The fourth-order valence-electron chi connectivity index (χ4n) is 2.79. The van der Waals surface area contributed by atoms with Crippen molar-refractivity contribution in [3.63, 3.8) is 0 Å². The second-order valence-corrected chi connectivity index (χ2v) is 6.72. The number of ether oxygens (including phenoxy) is 2. The number of aromatic nitrogens is 2. The molecule has 1 saturated heterocycles. The van der Waals surface area contributed by atoms with Gasteiger partial charge < -0.3 is 9.47 Å². The first-order valence-corrected chi connectivity index (χ1v) is 8.26. The van der Waals surface area contributed by atoms with E-state index in [1.54, 1.807) is 24.5 Å². The minimum atomic E-state index is -1.14. The molecule has 3 rings (SSSR count). The average Bonchev–Trinajstić information content (AvgIpc) is 2.53. The van der Waals surface area contributed by atoms with Crippen LogP contribution in [0.15, 0.2) is 36.9 Å². The van der Waals surface area contributed by atoms with Gasteiger partial charge in [-0.2, -0.15) is 0 Å². The van der Waals surface area contributed by atoms with Crippen molar-refractivity contribution in [3.8, 4) is 0 Å². The molecule has 122 valence electrons. The predicted octanol–water partition coefficient (Wildman–Crippen LogP) is 4.44. The lowest BCUT2D eigenvalue weighted by Crippen LogP contribution is -2.50. The lowest BCUT2D eigenvalue weighted by Gasteiger charge is -2.46. The van der Waals surface area contributed by atoms with Gasteiger partial charge in [0.25, 0.3) is 0 Å². The van der Waals surface area contributed by atoms with Gasteiger partial charge in [-0.25, -0.2) is 9.97 Å². The summed E-state index contributed by atoms with van der Waals surface area (Å²) < 4.78 is 12.6. The van der Waals surface area contributed by atoms with Crippen molar-refractivity contribution in [1.82, 2.24) is 9.97 Å². The van der Waals surface area contributed by atoms with Gasteiger partial charge >= 0.3 is 0 Å². The highest BCUT2D eigenvalue weighted by Gasteiger charge is 2.47. The van der Waals surface area contributed by atoms with Crippen LogP contribution in [0.25, 0.3) is 0 Å². The summed E-state index contributed by atoms with van der Waals surface area (Å²) in [5, 5.41) is 1.04. The molecular formula is C17H18Cl2N2O2. The molecule has 0 radical (unpaired) electrons. The zero-order valence-corrected chi connectivity index (χ0v) is 14.7. The molecular weight excluding hydrogens is 335 g/mol. The number of rotatable bonds is 2. The highest BCUT2D eigenvalue weighted by atomic mass is 35.5. The Hall–Kier alpha value is -1.20. The van der Waals surface area contributed by atoms with E-state index in [-0.39, 0.29) is 18.1 Å². The zero-order chi connectivity index (χ0) is 16.6. The van der Waals surface area contributed by atoms with Gasteiger partial charge in [-0.05, 0) is 26.0 Å². The van der Waals surface area contributed by atoms with Crippen LogP contribution >= 0.6 is 23.2 Å². The normalized spacial score (nSPS) is 31.1. The molecule has 2 aromatic rings. The zero-order valence-electron chi connectivity index (χ0n) is 13.2. The van der Waals surface area contributed by atoms with E-state index in [2.05, 4.69) is 16.9 Å². The smallest absolute Gasteiger partial charge is 0.227 e. The van der Waals surface area contributed by atoms with Crippen LogP contribution in [0, 0.1) is 5.92 Å². The highest BCUT2D eigenvalue weighted by molar-refractivity contribution is 6.35. The summed E-state index contributed by atoms with van der Waals surface area (Å²) in [5.41, 5.74) is 1.40. The summed E-state index contributed by atoms with van der Waals surface area (Å²) >= 11 is 12.5. The van der Waals surface area contributed by atoms with Gasteiger partial charge in [-0.1, -0.05) is 36.2 Å². The summed E-state index contributed by atoms with van der Waals surface area (Å²) in [4.78, 5) is 8.21. The Morgan fingerprint density at radius 1 is 1.00 bits per heavy atom. The van der Waals surface area contributed by atoms with Crippen LogP contribution in [-0.2, 0) is 15.3 Å². The van der Waals surface area contributed by atoms with Crippen LogP contribution in [0.3, 0.4) is 0 Å². The third-order valence-corrected chi connectivity index (χ3v) is 4.96. The van der Waals surface area contributed by atoms with E-state index in [9.17, 15) is 0 Å². The maximum atomic E-state index is 6.45. The van der Waals surface area contributed by atoms with Gasteiger partial charge in [-0.3, -0.25) is 0 Å². The van der Waals surface area contributed by atoms with Gasteiger partial charge in [0.1, 0.15) is 6.33 Å². The molecule has 0 spiro atoms. The SMILES string of the molecule is CC1OC(c2cncnc2)(c2ccc(Cl)cc2Cl)OC(C)C1C. The molecule has 6 heteroatoms. The van der Waals surface area contributed by atoms with E-state index in [4.69, 9.17) is 32.7 Å². The molecule has 1 aromatic heterocycles. The molecule has 0 bridgehead atoms. The summed E-state index contributed by atoms with van der Waals surface area (Å²) in [6, 6.07) is 5.28. The van der Waals surface area contributed by atoms with E-state index < -0.39 is 5.79 Å². The topological polar surface area (TPSA) is 44.2 Å². The molecule has 0 saturated carbocycles. The van der Waals surface area contributed by atoms with E-state index in [0.29, 0.717) is 21.2 Å². The quantitative estimate of drug-likeness (QED) is 0.800. The molecule has 1 aromatic carbocycles. The van der Waals surface area contributed by atoms with Crippen molar-refractivity contribution in [2.45, 2.75) is 38.8 Å². The number of nitrogens with zero attached hydrogens (tertiary/aromatic N) is 2. The first-order valence-electron chi connectivity index (χ1n) is 7.50. The standard InChI is InChI=1S/C17H18Cl2N2O2/c1-10-11(2)22-17(23-12(10)3,13-7-20-9-21-8-13)15-5-4-14(18)6-16(15)19/h4-12H,1-3H3. The van der Waals surface area contributed by atoms with E-state index in [1.807, 2.05) is 19.9 Å². The first-order chi connectivity index (χ1) is 10.9. The Kier molecular flexibility index (Phi) is 4.61. The Morgan fingerprint density at radius 3 is 2.17 bits per heavy atom. The van der Waals surface area contributed by atoms with E-state index in [0.717, 1.165) is 0 Å². The van der Waals surface area contributed by atoms with Crippen molar-refractivity contribution < 1.29 is 9.47 Å². The molecule has 1 aliphatic rings. The first kappa shape index (κ1) is 16.7. The third kappa shape index (κ3) is 2.96. The molecule has 0 amide bonds. The molecule has 2 unspecified atom stereocenters. The fourth-order valence-corrected chi connectivity index (χ4v) is 3.32. The number of hydrogen-bond acceptors (Lipinski definition) is 4. The monoisotopic (exact) mass is 352 g/mol. The number of benzene rings is 1. The maximum Gasteiger partial charge on any atom is 0.227 e. The van der Waals surface area contributed by atoms with Crippen LogP contribution in [0.4, 0.5) is 0 Å². The fraction of sp³-hybridized carbons (Fsp3) is 0.412. The number of halogens is 2. The molecule has 2 atom stereocenters. The molecule has 0 aliphatic carbocycles. The van der Waals surface area contributed by atoms with E-state index >= 15 is 0 Å². The van der Waals surface area contributed by atoms with Crippen LogP contribution < -0.4 is 0 Å². The molecule has 23 heavy (non-hydrogen) atoms. The molecule has 1 aliphatic heterocycles. The van der Waals surface area contributed by atoms with Crippen LogP contribution in [0.2, 0.25) is 10.0 Å². The molecule has 2 heterocycles. The van der Waals surface area contributed by atoms with Crippen molar-refractivity contribution in [2.24, 2.45) is 5.92 Å². The number of hydrogen-bond donors (Lipinski definition) is 0. The van der Waals surface area contributed by atoms with Crippen molar-refractivity contribution >= 4 is 23.2 Å². The maximum absolute atomic E-state index is 6.45. The van der Waals surface area contributed by atoms with Gasteiger partial charge in [0.2, 0.25) is 5.79 Å². The van der Waals surface area contributed by atoms with E-state index in [1.165, 1.54) is 6.33 Å². The van der Waals surface area contributed by atoms with Crippen LogP contribution in [0.5, 0.6) is 0 Å². The predicted molar refractivity (Wildman–Crippen MR) is 89.5 cm³/mol. The largest absolute Gasteiger partial charge is 0.339 e. The summed E-state index contributed by atoms with van der Waals surface area (Å²) in [5.74, 6) is -0.896. The Labute approximate surface area is 145 Å².